The minimum Gasteiger partial charge on any atom is -0.506 e. The van der Waals surface area contributed by atoms with Crippen LogP contribution >= 0.6 is 0 Å². The van der Waals surface area contributed by atoms with Gasteiger partial charge in [0.2, 0.25) is 0 Å². The Morgan fingerprint density at radius 2 is 1.78 bits per heavy atom. The lowest BCUT2D eigenvalue weighted by Crippen LogP contribution is -2.25. The minimum atomic E-state index is -1.19. The van der Waals surface area contributed by atoms with Gasteiger partial charge in [0.15, 0.2) is 5.78 Å². The number of aryl methyl sites for hydroxylation is 1. The molecule has 2 aromatic rings. The first-order valence-corrected chi connectivity index (χ1v) is 6.58. The predicted octanol–water partition coefficient (Wildman–Crippen LogP) is 0.990. The van der Waals surface area contributed by atoms with Crippen LogP contribution in [0.5, 0.6) is 5.75 Å². The number of fused-ring (bicyclic) bond motifs is 1. The number of aliphatic carboxylic acids is 1. The van der Waals surface area contributed by atoms with Crippen LogP contribution in [-0.4, -0.2) is 37.6 Å². The summed E-state index contributed by atoms with van der Waals surface area (Å²) in [5, 5.41) is 27.9. The van der Waals surface area contributed by atoms with Crippen LogP contribution in [0.4, 0.5) is 0 Å². The van der Waals surface area contributed by atoms with Gasteiger partial charge in [0.05, 0.1) is 17.5 Å². The van der Waals surface area contributed by atoms with Crippen molar-refractivity contribution in [2.45, 2.75) is 12.8 Å². The van der Waals surface area contributed by atoms with E-state index in [4.69, 9.17) is 10.2 Å². The number of hydrogen-bond donors (Lipinski definition) is 3. The Bertz CT molecular complexity index is 895. The first-order chi connectivity index (χ1) is 10.7. The maximum Gasteiger partial charge on any atom is 0.335 e. The first kappa shape index (κ1) is 16.2. The fraction of sp³-hybridized carbons (Fsp3) is 0.200. The van der Waals surface area contributed by atoms with E-state index in [9.17, 15) is 24.3 Å². The lowest BCUT2D eigenvalue weighted by atomic mass is 10.0. The zero-order chi connectivity index (χ0) is 17.3. The molecule has 120 valence electrons. The van der Waals surface area contributed by atoms with Crippen LogP contribution in [0.25, 0.3) is 10.9 Å². The number of Topliss-reactive ketones (excluding diaryl/α,β-unsaturated/α-hetero) is 1. The molecule has 0 aliphatic heterocycles. The number of aromatic hydroxyl groups is 1. The number of carbonyl (C=O) groups is 3. The van der Waals surface area contributed by atoms with Gasteiger partial charge in [-0.3, -0.25) is 14.4 Å². The molecule has 0 bridgehead atoms. The molecular weight excluding hydrogens is 306 g/mol. The molecule has 23 heavy (non-hydrogen) atoms. The molecule has 1 heterocycles. The second-order valence-corrected chi connectivity index (χ2v) is 4.94. The van der Waals surface area contributed by atoms with Crippen LogP contribution in [0.2, 0.25) is 0 Å². The third-order valence-corrected chi connectivity index (χ3v) is 3.46. The van der Waals surface area contributed by atoms with Gasteiger partial charge in [0.1, 0.15) is 11.3 Å². The number of pyridine rings is 1. The Morgan fingerprint density at radius 3 is 2.35 bits per heavy atom. The number of benzene rings is 1. The maximum atomic E-state index is 12.3. The van der Waals surface area contributed by atoms with Crippen LogP contribution < -0.4 is 5.56 Å². The van der Waals surface area contributed by atoms with Gasteiger partial charge < -0.3 is 19.9 Å². The lowest BCUT2D eigenvalue weighted by molar-refractivity contribution is -0.136. The number of aromatic carboxylic acids is 1. The Morgan fingerprint density at radius 1 is 1.13 bits per heavy atom. The number of aromatic nitrogens is 1. The van der Waals surface area contributed by atoms with Crippen LogP contribution in [0.3, 0.4) is 0 Å². The topological polar surface area (TPSA) is 134 Å². The molecule has 1 aromatic heterocycles. The van der Waals surface area contributed by atoms with Crippen molar-refractivity contribution in [3.63, 3.8) is 0 Å². The second kappa shape index (κ2) is 5.91. The summed E-state index contributed by atoms with van der Waals surface area (Å²) in [6.45, 7) is 0. The molecule has 0 radical (unpaired) electrons. The molecule has 1 aromatic carbocycles. The molecule has 0 atom stereocenters. The first-order valence-electron chi connectivity index (χ1n) is 6.58. The smallest absolute Gasteiger partial charge is 0.335 e. The van der Waals surface area contributed by atoms with E-state index in [1.165, 1.54) is 25.2 Å². The van der Waals surface area contributed by atoms with E-state index in [1.54, 1.807) is 0 Å². The highest BCUT2D eigenvalue weighted by molar-refractivity contribution is 6.05. The average molecular weight is 319 g/mol. The minimum absolute atomic E-state index is 0.0724. The molecule has 0 spiro atoms. The van der Waals surface area contributed by atoms with Crippen molar-refractivity contribution in [2.24, 2.45) is 7.05 Å². The molecule has 8 nitrogen and oxygen atoms in total. The Labute approximate surface area is 129 Å². The fourth-order valence-corrected chi connectivity index (χ4v) is 2.25. The monoisotopic (exact) mass is 319 g/mol. The fourth-order valence-electron chi connectivity index (χ4n) is 2.25. The third kappa shape index (κ3) is 2.91. The Hall–Kier alpha value is -3.16. The van der Waals surface area contributed by atoms with Gasteiger partial charge in [-0.05, 0) is 18.2 Å². The van der Waals surface area contributed by atoms with Gasteiger partial charge >= 0.3 is 11.9 Å². The van der Waals surface area contributed by atoms with Crippen molar-refractivity contribution >= 4 is 28.6 Å². The van der Waals surface area contributed by atoms with E-state index in [-0.39, 0.29) is 16.5 Å². The van der Waals surface area contributed by atoms with Gasteiger partial charge in [-0.2, -0.15) is 0 Å². The molecule has 0 fully saturated rings. The number of carboxylic acid groups (broad SMARTS) is 2. The van der Waals surface area contributed by atoms with Crippen molar-refractivity contribution < 1.29 is 29.7 Å². The summed E-state index contributed by atoms with van der Waals surface area (Å²) in [6, 6.07) is 3.74. The molecule has 0 aliphatic carbocycles. The zero-order valence-electron chi connectivity index (χ0n) is 12.1. The highest BCUT2D eigenvalue weighted by Gasteiger charge is 2.22. The zero-order valence-corrected chi connectivity index (χ0v) is 12.1. The summed E-state index contributed by atoms with van der Waals surface area (Å²) in [7, 11) is 1.34. The summed E-state index contributed by atoms with van der Waals surface area (Å²) in [5.74, 6) is -3.74. The molecule has 8 heteroatoms. The quantitative estimate of drug-likeness (QED) is 0.699. The standard InChI is InChI=1S/C15H13NO7/c1-16-9-6-7(15(22)23)2-3-8(9)13(20)12(14(16)21)10(17)4-5-11(18)19/h2-3,6,20H,4-5H2,1H3,(H,18,19)(H,22,23). The molecule has 2 rings (SSSR count). The molecule has 0 saturated carbocycles. The summed E-state index contributed by atoms with van der Waals surface area (Å²) in [6.07, 6.45) is -0.881. The van der Waals surface area contributed by atoms with Crippen molar-refractivity contribution in [1.29, 1.82) is 0 Å². The van der Waals surface area contributed by atoms with Crippen LogP contribution in [0, 0.1) is 0 Å². The number of hydrogen-bond acceptors (Lipinski definition) is 5. The molecule has 0 unspecified atom stereocenters. The van der Waals surface area contributed by atoms with Crippen LogP contribution in [-0.2, 0) is 11.8 Å². The van der Waals surface area contributed by atoms with E-state index in [2.05, 4.69) is 0 Å². The second-order valence-electron chi connectivity index (χ2n) is 4.94. The molecular formula is C15H13NO7. The van der Waals surface area contributed by atoms with Crippen molar-refractivity contribution in [2.75, 3.05) is 0 Å². The predicted molar refractivity (Wildman–Crippen MR) is 79.0 cm³/mol. The van der Waals surface area contributed by atoms with Gasteiger partial charge in [0, 0.05) is 18.9 Å². The van der Waals surface area contributed by atoms with Gasteiger partial charge in [-0.15, -0.1) is 0 Å². The largest absolute Gasteiger partial charge is 0.506 e. The number of carbonyl (C=O) groups excluding carboxylic acids is 1. The number of carboxylic acids is 2. The SMILES string of the molecule is Cn1c(=O)c(C(=O)CCC(=O)O)c(O)c2ccc(C(=O)O)cc21. The highest BCUT2D eigenvalue weighted by Crippen LogP contribution is 2.27. The maximum absolute atomic E-state index is 12.3. The van der Waals surface area contributed by atoms with Gasteiger partial charge in [0.25, 0.3) is 5.56 Å². The van der Waals surface area contributed by atoms with Gasteiger partial charge in [-0.25, -0.2) is 4.79 Å². The summed E-state index contributed by atoms with van der Waals surface area (Å²) < 4.78 is 1.05. The Kier molecular flexibility index (Phi) is 4.17. The lowest BCUT2D eigenvalue weighted by Gasteiger charge is -2.11. The van der Waals surface area contributed by atoms with E-state index < -0.39 is 47.4 Å². The molecule has 0 aliphatic rings. The molecule has 0 saturated heterocycles. The van der Waals surface area contributed by atoms with E-state index in [1.807, 2.05) is 0 Å². The van der Waals surface area contributed by atoms with Crippen molar-refractivity contribution in [1.82, 2.24) is 4.57 Å². The number of rotatable bonds is 5. The molecule has 0 amide bonds. The van der Waals surface area contributed by atoms with Crippen molar-refractivity contribution in [3.05, 3.63) is 39.7 Å². The summed E-state index contributed by atoms with van der Waals surface area (Å²) in [5.41, 5.74) is -1.23. The van der Waals surface area contributed by atoms with Crippen molar-refractivity contribution in [3.8, 4) is 5.75 Å². The third-order valence-electron chi connectivity index (χ3n) is 3.46. The van der Waals surface area contributed by atoms with Gasteiger partial charge in [-0.1, -0.05) is 0 Å². The summed E-state index contributed by atoms with van der Waals surface area (Å²) in [4.78, 5) is 45.8. The Balaban J connectivity index is 2.67. The van der Waals surface area contributed by atoms with E-state index in [0.29, 0.717) is 0 Å². The number of ketones is 1. The average Bonchev–Trinajstić information content (AvgIpc) is 2.50. The number of nitrogens with zero attached hydrogens (tertiary/aromatic N) is 1. The normalized spacial score (nSPS) is 10.7. The van der Waals surface area contributed by atoms with Crippen LogP contribution in [0.1, 0.15) is 33.6 Å². The summed E-state index contributed by atoms with van der Waals surface area (Å²) >= 11 is 0. The van der Waals surface area contributed by atoms with Crippen LogP contribution in [0.15, 0.2) is 23.0 Å². The highest BCUT2D eigenvalue weighted by atomic mass is 16.4. The van der Waals surface area contributed by atoms with E-state index >= 15 is 0 Å². The van der Waals surface area contributed by atoms with E-state index in [0.717, 1.165) is 4.57 Å². The molecule has 3 N–H and O–H groups in total.